The summed E-state index contributed by atoms with van der Waals surface area (Å²) in [4.78, 5) is 14.1. The molecule has 0 aliphatic carbocycles. The average Bonchev–Trinajstić information content (AvgIpc) is 2.94. The summed E-state index contributed by atoms with van der Waals surface area (Å²) in [6.07, 6.45) is 1.92. The van der Waals surface area contributed by atoms with Gasteiger partial charge in [-0.3, -0.25) is 4.79 Å². The maximum absolute atomic E-state index is 12.3. The Bertz CT molecular complexity index is 474. The molecule has 1 aromatic heterocycles. The van der Waals surface area contributed by atoms with Gasteiger partial charge in [-0.15, -0.1) is 5.10 Å². The molecule has 1 atom stereocenters. The number of nitrogens with zero attached hydrogens (tertiary/aromatic N) is 4. The molecule has 1 aliphatic rings. The first-order valence-corrected chi connectivity index (χ1v) is 7.39. The monoisotopic (exact) mass is 295 g/mol. The highest BCUT2D eigenvalue weighted by Crippen LogP contribution is 2.11. The number of hydrogen-bond acceptors (Lipinski definition) is 5. The van der Waals surface area contributed by atoms with Crippen LogP contribution in [0, 0.1) is 0 Å². The molecule has 2 rings (SSSR count). The zero-order valence-corrected chi connectivity index (χ0v) is 13.3. The minimum Gasteiger partial charge on any atom is -0.378 e. The number of nitrogens with one attached hydrogen (secondary N) is 1. The van der Waals surface area contributed by atoms with Crippen LogP contribution in [-0.4, -0.2) is 58.1 Å². The first kappa shape index (κ1) is 15.9. The van der Waals surface area contributed by atoms with Crippen molar-refractivity contribution in [3.8, 4) is 0 Å². The Morgan fingerprint density at radius 2 is 2.10 bits per heavy atom. The number of carbonyl (C=O) groups excluding carboxylic acids is 1. The highest BCUT2D eigenvalue weighted by molar-refractivity contribution is 5.81. The molecule has 7 nitrogen and oxygen atoms in total. The number of amides is 1. The van der Waals surface area contributed by atoms with Crippen LogP contribution in [-0.2, 0) is 21.6 Å². The standard InChI is InChI=1S/C14H25N5O2/c1-11(13(20)18-5-7-21-8-6-18)15-9-12-10-19(17-16-12)14(2,3)4/h10-11,15H,5-9H2,1-4H3. The molecule has 0 spiro atoms. The van der Waals surface area contributed by atoms with Crippen molar-refractivity contribution in [1.82, 2.24) is 25.2 Å². The fourth-order valence-electron chi connectivity index (χ4n) is 2.11. The Balaban J connectivity index is 1.84. The van der Waals surface area contributed by atoms with Gasteiger partial charge in [0, 0.05) is 19.6 Å². The van der Waals surface area contributed by atoms with E-state index >= 15 is 0 Å². The third kappa shape index (κ3) is 4.25. The molecule has 1 amide bonds. The van der Waals surface area contributed by atoms with Gasteiger partial charge in [0.25, 0.3) is 0 Å². The van der Waals surface area contributed by atoms with Gasteiger partial charge in [-0.05, 0) is 27.7 Å². The van der Waals surface area contributed by atoms with Crippen LogP contribution in [0.5, 0.6) is 0 Å². The minimum absolute atomic E-state index is 0.0829. The van der Waals surface area contributed by atoms with Gasteiger partial charge in [0.05, 0.1) is 36.7 Å². The summed E-state index contributed by atoms with van der Waals surface area (Å²) < 4.78 is 7.09. The minimum atomic E-state index is -0.233. The zero-order valence-electron chi connectivity index (χ0n) is 13.3. The topological polar surface area (TPSA) is 72.3 Å². The van der Waals surface area contributed by atoms with Crippen molar-refractivity contribution in [2.75, 3.05) is 26.3 Å². The lowest BCUT2D eigenvalue weighted by Crippen LogP contribution is -2.49. The highest BCUT2D eigenvalue weighted by Gasteiger charge is 2.22. The molecule has 1 fully saturated rings. The lowest BCUT2D eigenvalue weighted by atomic mass is 10.1. The smallest absolute Gasteiger partial charge is 0.239 e. The molecular weight excluding hydrogens is 270 g/mol. The molecule has 0 bridgehead atoms. The van der Waals surface area contributed by atoms with Crippen molar-refractivity contribution in [3.05, 3.63) is 11.9 Å². The lowest BCUT2D eigenvalue weighted by molar-refractivity contribution is -0.137. The zero-order chi connectivity index (χ0) is 15.5. The maximum atomic E-state index is 12.3. The van der Waals surface area contributed by atoms with Gasteiger partial charge in [0.2, 0.25) is 5.91 Å². The van der Waals surface area contributed by atoms with Crippen LogP contribution in [0.1, 0.15) is 33.4 Å². The van der Waals surface area contributed by atoms with E-state index in [9.17, 15) is 4.79 Å². The first-order chi connectivity index (χ1) is 9.88. The second kappa shape index (κ2) is 6.53. The number of aromatic nitrogens is 3. The summed E-state index contributed by atoms with van der Waals surface area (Å²) in [7, 11) is 0. The van der Waals surface area contributed by atoms with E-state index in [1.165, 1.54) is 0 Å². The second-order valence-corrected chi connectivity index (χ2v) is 6.37. The van der Waals surface area contributed by atoms with Gasteiger partial charge >= 0.3 is 0 Å². The van der Waals surface area contributed by atoms with Crippen molar-refractivity contribution < 1.29 is 9.53 Å². The third-order valence-corrected chi connectivity index (χ3v) is 3.51. The Labute approximate surface area is 125 Å². The van der Waals surface area contributed by atoms with E-state index < -0.39 is 0 Å². The van der Waals surface area contributed by atoms with E-state index in [4.69, 9.17) is 4.74 Å². The summed E-state index contributed by atoms with van der Waals surface area (Å²) in [6.45, 7) is 11.2. The molecule has 21 heavy (non-hydrogen) atoms. The van der Waals surface area contributed by atoms with Crippen LogP contribution < -0.4 is 5.32 Å². The molecule has 7 heteroatoms. The van der Waals surface area contributed by atoms with Crippen LogP contribution in [0.25, 0.3) is 0 Å². The van der Waals surface area contributed by atoms with Gasteiger partial charge < -0.3 is 15.0 Å². The molecular formula is C14H25N5O2. The average molecular weight is 295 g/mol. The largest absolute Gasteiger partial charge is 0.378 e. The number of morpholine rings is 1. The van der Waals surface area contributed by atoms with Crippen LogP contribution in [0.4, 0.5) is 0 Å². The van der Waals surface area contributed by atoms with Gasteiger partial charge in [-0.25, -0.2) is 4.68 Å². The fraction of sp³-hybridized carbons (Fsp3) is 0.786. The first-order valence-electron chi connectivity index (χ1n) is 7.39. The van der Waals surface area contributed by atoms with Gasteiger partial charge in [-0.1, -0.05) is 5.21 Å². The number of rotatable bonds is 4. The lowest BCUT2D eigenvalue weighted by Gasteiger charge is -2.29. The van der Waals surface area contributed by atoms with Crippen molar-refractivity contribution in [3.63, 3.8) is 0 Å². The molecule has 0 radical (unpaired) electrons. The second-order valence-electron chi connectivity index (χ2n) is 6.37. The van der Waals surface area contributed by atoms with E-state index in [0.717, 1.165) is 5.69 Å². The number of ether oxygens (including phenoxy) is 1. The summed E-state index contributed by atoms with van der Waals surface area (Å²) in [5.41, 5.74) is 0.757. The molecule has 2 heterocycles. The summed E-state index contributed by atoms with van der Waals surface area (Å²) in [6, 6.07) is -0.233. The van der Waals surface area contributed by atoms with Crippen molar-refractivity contribution in [2.45, 2.75) is 45.8 Å². The van der Waals surface area contributed by atoms with Crippen molar-refractivity contribution in [1.29, 1.82) is 0 Å². The Hall–Kier alpha value is -1.47. The van der Waals surface area contributed by atoms with Crippen LogP contribution in [0.2, 0.25) is 0 Å². The normalized spacial score (nSPS) is 17.8. The predicted molar refractivity (Wildman–Crippen MR) is 78.7 cm³/mol. The molecule has 0 aromatic carbocycles. The van der Waals surface area contributed by atoms with E-state index in [1.54, 1.807) is 0 Å². The van der Waals surface area contributed by atoms with E-state index in [-0.39, 0.29) is 17.5 Å². The number of hydrogen-bond donors (Lipinski definition) is 1. The molecule has 0 saturated carbocycles. The van der Waals surface area contributed by atoms with E-state index in [0.29, 0.717) is 32.8 Å². The van der Waals surface area contributed by atoms with E-state index in [1.807, 2.05) is 22.7 Å². The van der Waals surface area contributed by atoms with Crippen molar-refractivity contribution >= 4 is 5.91 Å². The van der Waals surface area contributed by atoms with E-state index in [2.05, 4.69) is 36.4 Å². The maximum Gasteiger partial charge on any atom is 0.239 e. The molecule has 1 N–H and O–H groups in total. The highest BCUT2D eigenvalue weighted by atomic mass is 16.5. The van der Waals surface area contributed by atoms with Crippen LogP contribution in [0.3, 0.4) is 0 Å². The summed E-state index contributed by atoms with van der Waals surface area (Å²) in [5, 5.41) is 11.5. The van der Waals surface area contributed by atoms with Gasteiger partial charge in [0.15, 0.2) is 0 Å². The predicted octanol–water partition coefficient (Wildman–Crippen LogP) is 0.370. The van der Waals surface area contributed by atoms with Crippen LogP contribution >= 0.6 is 0 Å². The van der Waals surface area contributed by atoms with Gasteiger partial charge in [-0.2, -0.15) is 0 Å². The number of carbonyl (C=O) groups is 1. The SMILES string of the molecule is CC(NCc1cn(C(C)(C)C)nn1)C(=O)N1CCOCC1. The Morgan fingerprint density at radius 1 is 1.43 bits per heavy atom. The quantitative estimate of drug-likeness (QED) is 0.869. The van der Waals surface area contributed by atoms with Crippen molar-refractivity contribution in [2.24, 2.45) is 0 Å². The van der Waals surface area contributed by atoms with Crippen LogP contribution in [0.15, 0.2) is 6.20 Å². The molecule has 118 valence electrons. The van der Waals surface area contributed by atoms with Gasteiger partial charge in [0.1, 0.15) is 0 Å². The Kier molecular flexibility index (Phi) is 4.95. The summed E-state index contributed by atoms with van der Waals surface area (Å²) >= 11 is 0. The molecule has 1 unspecified atom stereocenters. The molecule has 1 aliphatic heterocycles. The molecule has 1 aromatic rings. The third-order valence-electron chi connectivity index (χ3n) is 3.51. The Morgan fingerprint density at radius 3 is 2.67 bits per heavy atom. The summed E-state index contributed by atoms with van der Waals surface area (Å²) in [5.74, 6) is 0.113. The molecule has 1 saturated heterocycles. The fourth-order valence-corrected chi connectivity index (χ4v) is 2.11.